The summed E-state index contributed by atoms with van der Waals surface area (Å²) in [4.78, 5) is 12.5. The second-order valence-electron chi connectivity index (χ2n) is 7.47. The average Bonchev–Trinajstić information content (AvgIpc) is 3.21. The minimum Gasteiger partial charge on any atom is -0.407 e. The maximum absolute atomic E-state index is 12.5. The third-order valence-corrected chi connectivity index (χ3v) is 4.94. The lowest BCUT2D eigenvalue weighted by molar-refractivity contribution is 0.102. The van der Waals surface area contributed by atoms with Crippen LogP contribution in [0, 0.1) is 0 Å². The molecule has 5 heteroatoms. The summed E-state index contributed by atoms with van der Waals surface area (Å²) in [7, 11) is 0. The third kappa shape index (κ3) is 4.63. The van der Waals surface area contributed by atoms with E-state index in [0.717, 1.165) is 16.7 Å². The first-order valence-corrected chi connectivity index (χ1v) is 9.96. The van der Waals surface area contributed by atoms with Gasteiger partial charge in [0.1, 0.15) is 0 Å². The van der Waals surface area contributed by atoms with Crippen molar-refractivity contribution in [1.29, 1.82) is 0 Å². The molecule has 0 spiro atoms. The number of nitrogens with zero attached hydrogens (tertiary/aromatic N) is 2. The molecule has 0 aliphatic rings. The highest BCUT2D eigenvalue weighted by molar-refractivity contribution is 6.03. The molecular formula is C25H23N3O2. The second-order valence-corrected chi connectivity index (χ2v) is 7.47. The Hall–Kier alpha value is -3.73. The predicted octanol–water partition coefficient (Wildman–Crippen LogP) is 5.70. The van der Waals surface area contributed by atoms with Gasteiger partial charge in [-0.05, 0) is 40.3 Å². The standard InChI is InChI=1S/C25H23N3O2/c1-17(2)19-10-8-18(9-11-19)16-23-27-28-25(30-23)26-24(29)22-14-12-21(13-15-22)20-6-4-3-5-7-20/h3-15,17H,16H2,1-2H3,(H,26,28,29). The summed E-state index contributed by atoms with van der Waals surface area (Å²) < 4.78 is 5.60. The molecule has 0 saturated heterocycles. The largest absolute Gasteiger partial charge is 0.407 e. The molecule has 1 N–H and O–H groups in total. The molecule has 4 aromatic rings. The van der Waals surface area contributed by atoms with Gasteiger partial charge < -0.3 is 4.42 Å². The number of carbonyl (C=O) groups is 1. The molecule has 0 aliphatic carbocycles. The highest BCUT2D eigenvalue weighted by Crippen LogP contribution is 2.20. The number of rotatable bonds is 6. The van der Waals surface area contributed by atoms with Crippen molar-refractivity contribution in [1.82, 2.24) is 10.2 Å². The molecule has 150 valence electrons. The fourth-order valence-electron chi connectivity index (χ4n) is 3.18. The molecule has 0 saturated carbocycles. The van der Waals surface area contributed by atoms with Crippen LogP contribution in [0.4, 0.5) is 6.01 Å². The molecule has 4 rings (SSSR count). The Morgan fingerprint density at radius 3 is 2.20 bits per heavy atom. The van der Waals surface area contributed by atoms with Crippen molar-refractivity contribution >= 4 is 11.9 Å². The summed E-state index contributed by atoms with van der Waals surface area (Å²) in [5, 5.41) is 10.6. The summed E-state index contributed by atoms with van der Waals surface area (Å²) in [5.74, 6) is 0.666. The Labute approximate surface area is 175 Å². The fourth-order valence-corrected chi connectivity index (χ4v) is 3.18. The van der Waals surface area contributed by atoms with Crippen LogP contribution in [0.15, 0.2) is 83.3 Å². The minimum atomic E-state index is -0.286. The number of hydrogen-bond acceptors (Lipinski definition) is 4. The Balaban J connectivity index is 1.39. The second kappa shape index (κ2) is 8.74. The van der Waals surface area contributed by atoms with Gasteiger partial charge in [0.05, 0.1) is 6.42 Å². The van der Waals surface area contributed by atoms with Crippen molar-refractivity contribution in [3.8, 4) is 11.1 Å². The number of amides is 1. The van der Waals surface area contributed by atoms with E-state index in [1.165, 1.54) is 5.56 Å². The molecule has 0 aliphatic heterocycles. The van der Waals surface area contributed by atoms with Crippen LogP contribution in [0.3, 0.4) is 0 Å². The summed E-state index contributed by atoms with van der Waals surface area (Å²) in [6.45, 7) is 4.33. The first kappa shape index (κ1) is 19.6. The van der Waals surface area contributed by atoms with Gasteiger partial charge in [0.15, 0.2) is 0 Å². The zero-order valence-corrected chi connectivity index (χ0v) is 17.0. The van der Waals surface area contributed by atoms with Crippen LogP contribution in [-0.2, 0) is 6.42 Å². The van der Waals surface area contributed by atoms with Crippen molar-refractivity contribution in [2.75, 3.05) is 5.32 Å². The number of hydrogen-bond donors (Lipinski definition) is 1. The summed E-state index contributed by atoms with van der Waals surface area (Å²) in [6.07, 6.45) is 0.521. The van der Waals surface area contributed by atoms with Gasteiger partial charge in [0.25, 0.3) is 5.91 Å². The van der Waals surface area contributed by atoms with E-state index in [-0.39, 0.29) is 11.9 Å². The first-order valence-electron chi connectivity index (χ1n) is 9.96. The van der Waals surface area contributed by atoms with Crippen LogP contribution in [0.5, 0.6) is 0 Å². The number of aromatic nitrogens is 2. The van der Waals surface area contributed by atoms with E-state index < -0.39 is 0 Å². The molecule has 3 aromatic carbocycles. The van der Waals surface area contributed by atoms with Gasteiger partial charge >= 0.3 is 6.01 Å². The van der Waals surface area contributed by atoms with Gasteiger partial charge in [0, 0.05) is 5.56 Å². The summed E-state index contributed by atoms with van der Waals surface area (Å²) >= 11 is 0. The van der Waals surface area contributed by atoms with Crippen LogP contribution >= 0.6 is 0 Å². The van der Waals surface area contributed by atoms with Crippen molar-refractivity contribution in [2.45, 2.75) is 26.2 Å². The Kier molecular flexibility index (Phi) is 5.70. The minimum absolute atomic E-state index is 0.0981. The molecule has 0 fully saturated rings. The quantitative estimate of drug-likeness (QED) is 0.453. The monoisotopic (exact) mass is 397 g/mol. The van der Waals surface area contributed by atoms with E-state index in [0.29, 0.717) is 23.8 Å². The highest BCUT2D eigenvalue weighted by atomic mass is 16.4. The number of anilines is 1. The van der Waals surface area contributed by atoms with E-state index in [4.69, 9.17) is 4.42 Å². The molecule has 0 bridgehead atoms. The Morgan fingerprint density at radius 2 is 1.53 bits per heavy atom. The molecule has 5 nitrogen and oxygen atoms in total. The van der Waals surface area contributed by atoms with Gasteiger partial charge in [0.2, 0.25) is 5.89 Å². The number of nitrogens with one attached hydrogen (secondary N) is 1. The molecule has 0 radical (unpaired) electrons. The molecule has 1 heterocycles. The lowest BCUT2D eigenvalue weighted by Gasteiger charge is -2.05. The van der Waals surface area contributed by atoms with Crippen molar-refractivity contribution in [3.63, 3.8) is 0 Å². The fraction of sp³-hybridized carbons (Fsp3) is 0.160. The smallest absolute Gasteiger partial charge is 0.322 e. The molecule has 30 heavy (non-hydrogen) atoms. The molecule has 0 atom stereocenters. The summed E-state index contributed by atoms with van der Waals surface area (Å²) in [6, 6.07) is 25.9. The Bertz CT molecular complexity index is 1120. The van der Waals surface area contributed by atoms with Crippen LogP contribution in [0.25, 0.3) is 11.1 Å². The molecule has 1 amide bonds. The van der Waals surface area contributed by atoms with Gasteiger partial charge in [-0.2, -0.15) is 0 Å². The summed E-state index contributed by atoms with van der Waals surface area (Å²) in [5.41, 5.74) is 5.05. The van der Waals surface area contributed by atoms with E-state index >= 15 is 0 Å². The van der Waals surface area contributed by atoms with E-state index in [1.54, 1.807) is 12.1 Å². The SMILES string of the molecule is CC(C)c1ccc(Cc2nnc(NC(=O)c3ccc(-c4ccccc4)cc3)o2)cc1. The van der Waals surface area contributed by atoms with Gasteiger partial charge in [-0.25, -0.2) is 0 Å². The predicted molar refractivity (Wildman–Crippen MR) is 117 cm³/mol. The van der Waals surface area contributed by atoms with Crippen molar-refractivity contribution < 1.29 is 9.21 Å². The van der Waals surface area contributed by atoms with Crippen LogP contribution in [-0.4, -0.2) is 16.1 Å². The third-order valence-electron chi connectivity index (χ3n) is 4.94. The Morgan fingerprint density at radius 1 is 0.867 bits per heavy atom. The van der Waals surface area contributed by atoms with Gasteiger partial charge in [-0.15, -0.1) is 5.10 Å². The number of benzene rings is 3. The lowest BCUT2D eigenvalue weighted by atomic mass is 10.0. The first-order chi connectivity index (χ1) is 14.6. The van der Waals surface area contributed by atoms with E-state index in [2.05, 4.69) is 53.6 Å². The highest BCUT2D eigenvalue weighted by Gasteiger charge is 2.12. The van der Waals surface area contributed by atoms with Crippen molar-refractivity contribution in [3.05, 3.63) is 101 Å². The maximum Gasteiger partial charge on any atom is 0.322 e. The van der Waals surface area contributed by atoms with Crippen LogP contribution < -0.4 is 5.32 Å². The van der Waals surface area contributed by atoms with Crippen LogP contribution in [0.1, 0.15) is 47.1 Å². The van der Waals surface area contributed by atoms with Gasteiger partial charge in [-0.3, -0.25) is 10.1 Å². The van der Waals surface area contributed by atoms with E-state index in [9.17, 15) is 4.79 Å². The van der Waals surface area contributed by atoms with E-state index in [1.807, 2.05) is 42.5 Å². The zero-order chi connectivity index (χ0) is 20.9. The average molecular weight is 397 g/mol. The molecule has 1 aromatic heterocycles. The zero-order valence-electron chi connectivity index (χ0n) is 17.0. The maximum atomic E-state index is 12.5. The molecular weight excluding hydrogens is 374 g/mol. The normalized spacial score (nSPS) is 10.9. The molecule has 0 unspecified atom stereocenters. The van der Waals surface area contributed by atoms with Gasteiger partial charge in [-0.1, -0.05) is 85.7 Å². The van der Waals surface area contributed by atoms with Crippen molar-refractivity contribution in [2.24, 2.45) is 0 Å². The topological polar surface area (TPSA) is 68.0 Å². The lowest BCUT2D eigenvalue weighted by Crippen LogP contribution is -2.11. The van der Waals surface area contributed by atoms with Crippen LogP contribution in [0.2, 0.25) is 0 Å². The number of carbonyl (C=O) groups excluding carboxylic acids is 1.